The molecule has 10 unspecified atom stereocenters. The number of carbonyl (C=O) groups is 1. The molecule has 3 fully saturated rings. The zero-order valence-electron chi connectivity index (χ0n) is 23.1. The van der Waals surface area contributed by atoms with Gasteiger partial charge in [0.05, 0.1) is 12.2 Å². The van der Waals surface area contributed by atoms with Crippen molar-refractivity contribution in [3.05, 3.63) is 23.8 Å². The highest BCUT2D eigenvalue weighted by Gasteiger charge is 2.74. The summed E-state index contributed by atoms with van der Waals surface area (Å²) in [7, 11) is 0. The maximum Gasteiger partial charge on any atom is 0.303 e. The van der Waals surface area contributed by atoms with Crippen LogP contribution in [0.15, 0.2) is 23.8 Å². The number of ether oxygens (including phenoxy) is 1. The molecule has 0 bridgehead atoms. The van der Waals surface area contributed by atoms with Gasteiger partial charge < -0.3 is 25.2 Å². The predicted molar refractivity (Wildman–Crippen MR) is 139 cm³/mol. The zero-order valence-corrected chi connectivity index (χ0v) is 23.1. The fourth-order valence-corrected chi connectivity index (χ4v) is 8.78. The van der Waals surface area contributed by atoms with Crippen LogP contribution < -0.4 is 0 Å². The van der Waals surface area contributed by atoms with Crippen LogP contribution in [0.4, 0.5) is 0 Å². The minimum Gasteiger partial charge on any atom is -0.455 e. The molecule has 0 saturated heterocycles. The van der Waals surface area contributed by atoms with Crippen LogP contribution in [-0.2, 0) is 9.53 Å². The monoisotopic (exact) mass is 504 g/mol. The molecule has 0 aliphatic heterocycles. The summed E-state index contributed by atoms with van der Waals surface area (Å²) in [5, 5.41) is 46.6. The molecule has 6 heteroatoms. The fraction of sp³-hybridized carbons (Fsp3) is 0.833. The minimum atomic E-state index is -1.67. The van der Waals surface area contributed by atoms with E-state index in [1.807, 2.05) is 0 Å². The van der Waals surface area contributed by atoms with Crippen molar-refractivity contribution in [3.8, 4) is 0 Å². The zero-order chi connectivity index (χ0) is 26.8. The van der Waals surface area contributed by atoms with Crippen LogP contribution in [0, 0.1) is 34.5 Å². The average molecular weight is 505 g/mol. The molecule has 4 aliphatic rings. The van der Waals surface area contributed by atoms with Gasteiger partial charge in [0, 0.05) is 18.8 Å². The number of esters is 1. The van der Waals surface area contributed by atoms with Crippen LogP contribution in [0.2, 0.25) is 0 Å². The van der Waals surface area contributed by atoms with Crippen LogP contribution in [0.5, 0.6) is 0 Å². The lowest BCUT2D eigenvalue weighted by molar-refractivity contribution is -0.284. The largest absolute Gasteiger partial charge is 0.455 e. The Kier molecular flexibility index (Phi) is 7.12. The number of aliphatic hydroxyl groups excluding tert-OH is 2. The molecule has 4 rings (SSSR count). The van der Waals surface area contributed by atoms with Crippen molar-refractivity contribution >= 4 is 5.97 Å². The average Bonchev–Trinajstić information content (AvgIpc) is 3.12. The van der Waals surface area contributed by atoms with E-state index in [0.29, 0.717) is 37.0 Å². The number of carbonyl (C=O) groups excluding carboxylic acids is 1. The third kappa shape index (κ3) is 3.85. The van der Waals surface area contributed by atoms with Gasteiger partial charge >= 0.3 is 5.97 Å². The van der Waals surface area contributed by atoms with Crippen molar-refractivity contribution in [2.24, 2.45) is 34.5 Å². The van der Waals surface area contributed by atoms with Gasteiger partial charge in [0.1, 0.15) is 17.3 Å². The molecule has 0 radical (unpaired) electrons. The van der Waals surface area contributed by atoms with E-state index in [0.717, 1.165) is 31.3 Å². The molecule has 0 aromatic heterocycles. The van der Waals surface area contributed by atoms with Crippen LogP contribution in [0.1, 0.15) is 92.9 Å². The smallest absolute Gasteiger partial charge is 0.303 e. The second-order valence-electron chi connectivity index (χ2n) is 13.4. The summed E-state index contributed by atoms with van der Waals surface area (Å²) in [6.45, 7) is 16.3. The highest BCUT2D eigenvalue weighted by molar-refractivity contribution is 5.67. The van der Waals surface area contributed by atoms with Gasteiger partial charge in [-0.1, -0.05) is 46.8 Å². The number of hydrogen-bond acceptors (Lipinski definition) is 6. The van der Waals surface area contributed by atoms with Crippen molar-refractivity contribution in [1.82, 2.24) is 0 Å². The summed E-state index contributed by atoms with van der Waals surface area (Å²) in [4.78, 5) is 12.1. The molecule has 0 spiro atoms. The number of rotatable bonds is 6. The van der Waals surface area contributed by atoms with Crippen molar-refractivity contribution < 1.29 is 30.0 Å². The summed E-state index contributed by atoms with van der Waals surface area (Å²) >= 11 is 0. The minimum absolute atomic E-state index is 0.0123. The first-order chi connectivity index (χ1) is 16.6. The van der Waals surface area contributed by atoms with E-state index in [4.69, 9.17) is 4.74 Å². The number of hydrogen-bond donors (Lipinski definition) is 4. The van der Waals surface area contributed by atoms with Gasteiger partial charge in [-0.2, -0.15) is 0 Å². The molecular formula is C30H48O6. The van der Waals surface area contributed by atoms with Gasteiger partial charge in [-0.05, 0) is 85.7 Å². The van der Waals surface area contributed by atoms with Crippen LogP contribution >= 0.6 is 0 Å². The van der Waals surface area contributed by atoms with E-state index in [1.54, 1.807) is 13.0 Å². The van der Waals surface area contributed by atoms with Crippen LogP contribution in [0.3, 0.4) is 0 Å². The van der Waals surface area contributed by atoms with Crippen molar-refractivity contribution in [2.45, 2.75) is 122 Å². The molecule has 10 atom stereocenters. The third-order valence-electron chi connectivity index (χ3n) is 11.2. The highest BCUT2D eigenvalue weighted by atomic mass is 16.6. The van der Waals surface area contributed by atoms with Gasteiger partial charge in [0.15, 0.2) is 0 Å². The maximum absolute atomic E-state index is 12.4. The van der Waals surface area contributed by atoms with Gasteiger partial charge in [-0.15, -0.1) is 0 Å². The number of aliphatic hydroxyl groups is 4. The van der Waals surface area contributed by atoms with E-state index in [-0.39, 0.29) is 17.8 Å². The molecule has 4 aliphatic carbocycles. The molecule has 0 heterocycles. The summed E-state index contributed by atoms with van der Waals surface area (Å²) in [6, 6.07) is 0. The lowest BCUT2D eigenvalue weighted by Crippen LogP contribution is -2.76. The molecule has 0 aromatic carbocycles. The molecule has 4 N–H and O–H groups in total. The molecule has 0 amide bonds. The predicted octanol–water partition coefficient (Wildman–Crippen LogP) is 4.30. The lowest BCUT2D eigenvalue weighted by atomic mass is 9.42. The molecule has 36 heavy (non-hydrogen) atoms. The quantitative estimate of drug-likeness (QED) is 0.317. The van der Waals surface area contributed by atoms with Crippen molar-refractivity contribution in [3.63, 3.8) is 0 Å². The lowest BCUT2D eigenvalue weighted by Gasteiger charge is -2.67. The van der Waals surface area contributed by atoms with Gasteiger partial charge in [0.2, 0.25) is 0 Å². The molecular weight excluding hydrogens is 456 g/mol. The van der Waals surface area contributed by atoms with E-state index in [9.17, 15) is 25.2 Å². The van der Waals surface area contributed by atoms with E-state index >= 15 is 0 Å². The van der Waals surface area contributed by atoms with Gasteiger partial charge in [-0.3, -0.25) is 4.79 Å². The summed E-state index contributed by atoms with van der Waals surface area (Å²) in [6.07, 6.45) is 4.06. The summed E-state index contributed by atoms with van der Waals surface area (Å²) < 4.78 is 5.67. The first kappa shape index (κ1) is 27.8. The number of allylic oxidation sites excluding steroid dienone is 1. The standard InChI is InChI=1S/C30H48O6/c1-17(2)18(3)8-9-19(4)22-10-11-23-24-14-26(36-20(5)31)29(34)15-21(32)12-13-28(29,7)30(24,35)25(33)16-27(22,23)6/h14,17,19,21-23,25-26,32-35H,3,8-13,15-16H2,1-2,4-7H3. The Morgan fingerprint density at radius 3 is 2.42 bits per heavy atom. The first-order valence-corrected chi connectivity index (χ1v) is 14.0. The van der Waals surface area contributed by atoms with Gasteiger partial charge in [-0.25, -0.2) is 0 Å². The second kappa shape index (κ2) is 9.21. The Balaban J connectivity index is 1.74. The van der Waals surface area contributed by atoms with Crippen molar-refractivity contribution in [1.29, 1.82) is 0 Å². The Labute approximate surface area is 216 Å². The Hall–Kier alpha value is -1.21. The van der Waals surface area contributed by atoms with Gasteiger partial charge in [0.25, 0.3) is 0 Å². The summed E-state index contributed by atoms with van der Waals surface area (Å²) in [5.74, 6) is 0.810. The summed E-state index contributed by atoms with van der Waals surface area (Å²) in [5.41, 5.74) is -2.71. The van der Waals surface area contributed by atoms with Crippen LogP contribution in [0.25, 0.3) is 0 Å². The first-order valence-electron chi connectivity index (χ1n) is 14.0. The topological polar surface area (TPSA) is 107 Å². The highest BCUT2D eigenvalue weighted by Crippen LogP contribution is 2.69. The third-order valence-corrected chi connectivity index (χ3v) is 11.2. The molecule has 204 valence electrons. The van der Waals surface area contributed by atoms with E-state index < -0.39 is 40.9 Å². The van der Waals surface area contributed by atoms with E-state index in [1.165, 1.54) is 12.5 Å². The normalized spacial score (nSPS) is 46.9. The molecule has 0 aromatic rings. The van der Waals surface area contributed by atoms with E-state index in [2.05, 4.69) is 34.3 Å². The Bertz CT molecular complexity index is 926. The maximum atomic E-state index is 12.4. The SMILES string of the molecule is C=C(CCC(C)C1CCC2C3=CC(OC(C)=O)C4(O)CC(O)CCC4(C)C3(O)C(O)CC21C)C(C)C. The van der Waals surface area contributed by atoms with Crippen molar-refractivity contribution in [2.75, 3.05) is 0 Å². The second-order valence-corrected chi connectivity index (χ2v) is 13.4. The number of fused-ring (bicyclic) bond motifs is 5. The Morgan fingerprint density at radius 1 is 1.14 bits per heavy atom. The molecule has 6 nitrogen and oxygen atoms in total. The molecule has 3 saturated carbocycles. The Morgan fingerprint density at radius 2 is 1.81 bits per heavy atom. The fourth-order valence-electron chi connectivity index (χ4n) is 8.78. The van der Waals surface area contributed by atoms with Crippen LogP contribution in [-0.4, -0.2) is 55.9 Å².